The highest BCUT2D eigenvalue weighted by Crippen LogP contribution is 2.25. The lowest BCUT2D eigenvalue weighted by molar-refractivity contribution is -0.123. The third-order valence-corrected chi connectivity index (χ3v) is 2.58. The second kappa shape index (κ2) is 3.35. The number of carbonyl (C=O) groups is 2. The van der Waals surface area contributed by atoms with Gasteiger partial charge >= 0.3 is 0 Å². The second-order valence-electron chi connectivity index (χ2n) is 3.60. The number of rotatable bonds is 1. The molecule has 0 bridgehead atoms. The second-order valence-corrected chi connectivity index (χ2v) is 3.60. The van der Waals surface area contributed by atoms with Gasteiger partial charge in [0.15, 0.2) is 0 Å². The molecule has 0 saturated carbocycles. The molecule has 1 aromatic carbocycles. The van der Waals surface area contributed by atoms with Gasteiger partial charge in [-0.05, 0) is 25.0 Å². The summed E-state index contributed by atoms with van der Waals surface area (Å²) in [6, 6.07) is 7.54. The van der Waals surface area contributed by atoms with Crippen LogP contribution in [0.15, 0.2) is 29.8 Å². The van der Waals surface area contributed by atoms with Crippen molar-refractivity contribution in [3.8, 4) is 0 Å². The van der Waals surface area contributed by atoms with E-state index in [0.29, 0.717) is 11.1 Å². The number of amides is 2. The largest absolute Gasteiger partial charge is 0.288 e. The molecule has 1 aromatic rings. The molecule has 0 unspecified atom stereocenters. The number of carbonyl (C=O) groups excluding carboxylic acids is 2. The molecule has 2 rings (SSSR count). The Morgan fingerprint density at radius 2 is 1.67 bits per heavy atom. The van der Waals surface area contributed by atoms with Crippen LogP contribution < -0.4 is 5.32 Å². The monoisotopic (exact) mass is 201 g/mol. The Morgan fingerprint density at radius 1 is 1.00 bits per heavy atom. The number of aryl methyl sites for hydroxylation is 1. The highest BCUT2D eigenvalue weighted by Gasteiger charge is 2.28. The van der Waals surface area contributed by atoms with Crippen molar-refractivity contribution in [2.45, 2.75) is 13.8 Å². The van der Waals surface area contributed by atoms with Crippen LogP contribution in [0.5, 0.6) is 0 Å². The lowest BCUT2D eigenvalue weighted by atomic mass is 9.98. The summed E-state index contributed by atoms with van der Waals surface area (Å²) >= 11 is 0. The topological polar surface area (TPSA) is 46.2 Å². The summed E-state index contributed by atoms with van der Waals surface area (Å²) in [4.78, 5) is 22.8. The van der Waals surface area contributed by atoms with Crippen LogP contribution in [0, 0.1) is 6.92 Å². The van der Waals surface area contributed by atoms with Gasteiger partial charge in [0, 0.05) is 5.57 Å². The minimum atomic E-state index is -0.299. The van der Waals surface area contributed by atoms with Crippen molar-refractivity contribution in [1.82, 2.24) is 5.32 Å². The molecule has 15 heavy (non-hydrogen) atoms. The Balaban J connectivity index is 2.62. The summed E-state index contributed by atoms with van der Waals surface area (Å²) in [5, 5.41) is 2.29. The standard InChI is InChI=1S/C12H11NO2/c1-7-5-3-4-6-9(7)10-8(2)11(14)13-12(10)15/h3-6H,1-2H3,(H,13,14,15). The van der Waals surface area contributed by atoms with Crippen LogP contribution in [0.1, 0.15) is 18.1 Å². The van der Waals surface area contributed by atoms with E-state index in [1.54, 1.807) is 6.92 Å². The van der Waals surface area contributed by atoms with Gasteiger partial charge in [0.05, 0.1) is 5.57 Å². The van der Waals surface area contributed by atoms with E-state index >= 15 is 0 Å². The molecule has 1 aliphatic heterocycles. The third kappa shape index (κ3) is 1.46. The minimum absolute atomic E-state index is 0.293. The SMILES string of the molecule is CC1=C(c2ccccc2C)C(=O)NC1=O. The summed E-state index contributed by atoms with van der Waals surface area (Å²) in [7, 11) is 0. The number of nitrogens with one attached hydrogen (secondary N) is 1. The van der Waals surface area contributed by atoms with Gasteiger partial charge in [0.1, 0.15) is 0 Å². The lowest BCUT2D eigenvalue weighted by Crippen LogP contribution is -2.22. The third-order valence-electron chi connectivity index (χ3n) is 2.58. The first-order valence-electron chi connectivity index (χ1n) is 4.74. The van der Waals surface area contributed by atoms with Gasteiger partial charge < -0.3 is 0 Å². The molecule has 0 spiro atoms. The van der Waals surface area contributed by atoms with Crippen LogP contribution in [0.2, 0.25) is 0 Å². The average Bonchev–Trinajstić information content (AvgIpc) is 2.43. The van der Waals surface area contributed by atoms with Gasteiger partial charge in [-0.25, -0.2) is 0 Å². The Bertz CT molecular complexity index is 486. The van der Waals surface area contributed by atoms with Crippen LogP contribution in [-0.4, -0.2) is 11.8 Å². The van der Waals surface area contributed by atoms with Crippen molar-refractivity contribution >= 4 is 17.4 Å². The van der Waals surface area contributed by atoms with E-state index < -0.39 is 0 Å². The van der Waals surface area contributed by atoms with Crippen LogP contribution in [0.4, 0.5) is 0 Å². The molecule has 0 aliphatic carbocycles. The van der Waals surface area contributed by atoms with Gasteiger partial charge in [-0.15, -0.1) is 0 Å². The van der Waals surface area contributed by atoms with Gasteiger partial charge in [0.2, 0.25) is 0 Å². The van der Waals surface area contributed by atoms with E-state index in [2.05, 4.69) is 5.32 Å². The summed E-state index contributed by atoms with van der Waals surface area (Å²) in [5.41, 5.74) is 2.82. The van der Waals surface area contributed by atoms with Crippen molar-refractivity contribution in [3.05, 3.63) is 41.0 Å². The first-order chi connectivity index (χ1) is 7.11. The van der Waals surface area contributed by atoms with E-state index in [9.17, 15) is 9.59 Å². The van der Waals surface area contributed by atoms with Crippen molar-refractivity contribution in [1.29, 1.82) is 0 Å². The van der Waals surface area contributed by atoms with Gasteiger partial charge in [-0.1, -0.05) is 24.3 Å². The maximum atomic E-state index is 11.6. The Morgan fingerprint density at radius 3 is 2.20 bits per heavy atom. The van der Waals surface area contributed by atoms with Gasteiger partial charge in [-0.2, -0.15) is 0 Å². The molecule has 3 heteroatoms. The fraction of sp³-hybridized carbons (Fsp3) is 0.167. The normalized spacial score (nSPS) is 15.9. The quantitative estimate of drug-likeness (QED) is 0.698. The summed E-state index contributed by atoms with van der Waals surface area (Å²) in [6.45, 7) is 3.59. The highest BCUT2D eigenvalue weighted by atomic mass is 16.2. The van der Waals surface area contributed by atoms with Crippen LogP contribution in [0.25, 0.3) is 5.57 Å². The molecule has 0 fully saturated rings. The molecule has 1 aliphatic rings. The van der Waals surface area contributed by atoms with E-state index in [-0.39, 0.29) is 11.8 Å². The molecule has 3 nitrogen and oxygen atoms in total. The zero-order chi connectivity index (χ0) is 11.0. The zero-order valence-corrected chi connectivity index (χ0v) is 8.63. The van der Waals surface area contributed by atoms with Crippen LogP contribution >= 0.6 is 0 Å². The Hall–Kier alpha value is -1.90. The molecule has 0 aromatic heterocycles. The fourth-order valence-corrected chi connectivity index (χ4v) is 1.72. The first kappa shape index (κ1) is 9.65. The lowest BCUT2D eigenvalue weighted by Gasteiger charge is -2.04. The number of benzene rings is 1. The van der Waals surface area contributed by atoms with Crippen molar-refractivity contribution in [3.63, 3.8) is 0 Å². The molecule has 0 radical (unpaired) electrons. The number of hydrogen-bond acceptors (Lipinski definition) is 2. The summed E-state index contributed by atoms with van der Waals surface area (Å²) in [5.74, 6) is -0.593. The molecule has 0 atom stereocenters. The van der Waals surface area contributed by atoms with Crippen molar-refractivity contribution < 1.29 is 9.59 Å². The van der Waals surface area contributed by atoms with E-state index in [1.807, 2.05) is 31.2 Å². The van der Waals surface area contributed by atoms with Gasteiger partial charge in [0.25, 0.3) is 11.8 Å². The van der Waals surface area contributed by atoms with Crippen molar-refractivity contribution in [2.24, 2.45) is 0 Å². The average molecular weight is 201 g/mol. The molecule has 76 valence electrons. The molecule has 1 heterocycles. The predicted octanol–water partition coefficient (Wildman–Crippen LogP) is 1.42. The maximum absolute atomic E-state index is 11.6. The molecule has 1 N–H and O–H groups in total. The minimum Gasteiger partial charge on any atom is -0.288 e. The first-order valence-corrected chi connectivity index (χ1v) is 4.74. The molecular formula is C12H11NO2. The maximum Gasteiger partial charge on any atom is 0.259 e. The Kier molecular flexibility index (Phi) is 2.15. The smallest absolute Gasteiger partial charge is 0.259 e. The number of imide groups is 1. The van der Waals surface area contributed by atoms with E-state index in [0.717, 1.165) is 11.1 Å². The van der Waals surface area contributed by atoms with E-state index in [4.69, 9.17) is 0 Å². The Labute approximate surface area is 87.8 Å². The summed E-state index contributed by atoms with van der Waals surface area (Å²) < 4.78 is 0. The molecule has 2 amide bonds. The predicted molar refractivity (Wildman–Crippen MR) is 56.9 cm³/mol. The molecular weight excluding hydrogens is 190 g/mol. The fourth-order valence-electron chi connectivity index (χ4n) is 1.72. The highest BCUT2D eigenvalue weighted by molar-refractivity contribution is 6.35. The van der Waals surface area contributed by atoms with Crippen LogP contribution in [-0.2, 0) is 9.59 Å². The van der Waals surface area contributed by atoms with Crippen LogP contribution in [0.3, 0.4) is 0 Å². The van der Waals surface area contributed by atoms with Gasteiger partial charge in [-0.3, -0.25) is 14.9 Å². The molecule has 0 saturated heterocycles. The zero-order valence-electron chi connectivity index (χ0n) is 8.63. The van der Waals surface area contributed by atoms with Crippen molar-refractivity contribution in [2.75, 3.05) is 0 Å². The number of hydrogen-bond donors (Lipinski definition) is 1. The summed E-state index contributed by atoms with van der Waals surface area (Å²) in [6.07, 6.45) is 0. The van der Waals surface area contributed by atoms with E-state index in [1.165, 1.54) is 0 Å².